The van der Waals surface area contributed by atoms with Gasteiger partial charge in [0.05, 0.1) is 5.16 Å². The molecule has 0 aliphatic carbocycles. The number of hydrogen-bond donors (Lipinski definition) is 0. The van der Waals surface area contributed by atoms with E-state index in [1.54, 1.807) is 0 Å². The van der Waals surface area contributed by atoms with Crippen LogP contribution in [0.15, 0.2) is 48.5 Å². The second-order valence-corrected chi connectivity index (χ2v) is 7.28. The summed E-state index contributed by atoms with van der Waals surface area (Å²) < 4.78 is 12.4. The number of para-hydroxylation sites is 2. The molecule has 118 valence electrons. The number of aryl methyl sites for hydroxylation is 2. The normalized spacial score (nSPS) is 13.7. The molecule has 0 heterocycles. The van der Waals surface area contributed by atoms with Crippen molar-refractivity contribution in [2.75, 3.05) is 0 Å². The molecule has 0 bridgehead atoms. The molecule has 0 aliphatic heterocycles. The third kappa shape index (κ3) is 4.01. The largest absolute Gasteiger partial charge is 0.454 e. The first-order valence-corrected chi connectivity index (χ1v) is 8.25. The van der Waals surface area contributed by atoms with E-state index in [-0.39, 0.29) is 11.4 Å². The van der Waals surface area contributed by atoms with Crippen molar-refractivity contribution < 1.29 is 9.47 Å². The van der Waals surface area contributed by atoms with Crippen LogP contribution < -0.4 is 9.47 Å². The molecule has 2 rings (SSSR count). The molecule has 22 heavy (non-hydrogen) atoms. The highest BCUT2D eigenvalue weighted by Crippen LogP contribution is 2.33. The molecular weight excluding hydrogens is 291 g/mol. The Morgan fingerprint density at radius 1 is 0.909 bits per heavy atom. The summed E-state index contributed by atoms with van der Waals surface area (Å²) in [5.74, 6) is 1.73. The zero-order chi connectivity index (χ0) is 16.2. The molecule has 2 aromatic rings. The Labute approximate surface area is 136 Å². The van der Waals surface area contributed by atoms with E-state index >= 15 is 0 Å². The van der Waals surface area contributed by atoms with Crippen molar-refractivity contribution in [1.82, 2.24) is 0 Å². The van der Waals surface area contributed by atoms with Crippen LogP contribution in [0.2, 0.25) is 0 Å². The number of rotatable bonds is 6. The lowest BCUT2D eigenvalue weighted by Gasteiger charge is -2.34. The maximum atomic E-state index is 6.22. The fourth-order valence-electron chi connectivity index (χ4n) is 2.07. The number of benzene rings is 2. The SMILES string of the molecule is CCC(C)(P)C(Oc1ccccc1C)Oc1ccccc1C. The van der Waals surface area contributed by atoms with Gasteiger partial charge < -0.3 is 9.47 Å². The van der Waals surface area contributed by atoms with Gasteiger partial charge in [-0.2, -0.15) is 0 Å². The summed E-state index contributed by atoms with van der Waals surface area (Å²) in [4.78, 5) is 0. The van der Waals surface area contributed by atoms with E-state index < -0.39 is 0 Å². The zero-order valence-corrected chi connectivity index (χ0v) is 15.0. The first-order chi connectivity index (χ1) is 10.4. The van der Waals surface area contributed by atoms with E-state index in [1.165, 1.54) is 0 Å². The average molecular weight is 316 g/mol. The van der Waals surface area contributed by atoms with Gasteiger partial charge in [0.15, 0.2) is 0 Å². The second-order valence-electron chi connectivity index (χ2n) is 5.96. The fraction of sp³-hybridized carbons (Fsp3) is 0.368. The lowest BCUT2D eigenvalue weighted by molar-refractivity contribution is -0.0238. The Bertz CT molecular complexity index is 575. The van der Waals surface area contributed by atoms with Crippen molar-refractivity contribution in [2.24, 2.45) is 0 Å². The van der Waals surface area contributed by atoms with Crippen molar-refractivity contribution in [2.45, 2.75) is 45.6 Å². The van der Waals surface area contributed by atoms with E-state index in [1.807, 2.05) is 62.4 Å². The van der Waals surface area contributed by atoms with Gasteiger partial charge in [0.25, 0.3) is 0 Å². The Morgan fingerprint density at radius 2 is 1.32 bits per heavy atom. The van der Waals surface area contributed by atoms with E-state index in [0.29, 0.717) is 0 Å². The molecule has 0 spiro atoms. The summed E-state index contributed by atoms with van der Waals surface area (Å²) in [6.45, 7) is 8.37. The smallest absolute Gasteiger partial charge is 0.249 e. The summed E-state index contributed by atoms with van der Waals surface area (Å²) in [5, 5.41) is -0.176. The Hall–Kier alpha value is -1.53. The lowest BCUT2D eigenvalue weighted by Crippen LogP contribution is -2.42. The third-order valence-electron chi connectivity index (χ3n) is 3.96. The van der Waals surface area contributed by atoms with E-state index in [0.717, 1.165) is 29.0 Å². The molecule has 2 aromatic carbocycles. The van der Waals surface area contributed by atoms with Crippen LogP contribution in [0.4, 0.5) is 0 Å². The Morgan fingerprint density at radius 3 is 1.68 bits per heavy atom. The molecule has 2 nitrogen and oxygen atoms in total. The molecular formula is C19H25O2P. The second kappa shape index (κ2) is 7.15. The zero-order valence-electron chi connectivity index (χ0n) is 13.8. The topological polar surface area (TPSA) is 18.5 Å². The van der Waals surface area contributed by atoms with Gasteiger partial charge in [-0.1, -0.05) is 43.3 Å². The van der Waals surface area contributed by atoms with Gasteiger partial charge in [0.1, 0.15) is 11.5 Å². The molecule has 3 heteroatoms. The molecule has 0 aliphatic rings. The molecule has 2 atom stereocenters. The standard InChI is InChI=1S/C19H25O2P/c1-5-19(4,22)18(20-16-12-8-6-10-14(16)2)21-17-13-9-7-11-15(17)3/h6-13,18H,5,22H2,1-4H3. The minimum Gasteiger partial charge on any atom is -0.454 e. The fourth-order valence-corrected chi connectivity index (χ4v) is 2.20. The van der Waals surface area contributed by atoms with Crippen molar-refractivity contribution in [3.8, 4) is 11.5 Å². The maximum absolute atomic E-state index is 6.22. The van der Waals surface area contributed by atoms with Crippen molar-refractivity contribution in [1.29, 1.82) is 0 Å². The van der Waals surface area contributed by atoms with Gasteiger partial charge in [0, 0.05) is 0 Å². The predicted molar refractivity (Wildman–Crippen MR) is 95.8 cm³/mol. The molecule has 0 aromatic heterocycles. The van der Waals surface area contributed by atoms with E-state index in [4.69, 9.17) is 9.47 Å². The highest BCUT2D eigenvalue weighted by Gasteiger charge is 2.32. The summed E-state index contributed by atoms with van der Waals surface area (Å²) in [6.07, 6.45) is 0.560. The van der Waals surface area contributed by atoms with Crippen LogP contribution in [0.25, 0.3) is 0 Å². The molecule has 0 amide bonds. The minimum atomic E-state index is -0.371. The predicted octanol–water partition coefficient (Wildman–Crippen LogP) is 5.13. The third-order valence-corrected chi connectivity index (χ3v) is 4.64. The molecule has 0 radical (unpaired) electrons. The molecule has 0 saturated carbocycles. The van der Waals surface area contributed by atoms with Crippen molar-refractivity contribution >= 4 is 9.24 Å². The van der Waals surface area contributed by atoms with Crippen LogP contribution in [0.3, 0.4) is 0 Å². The van der Waals surface area contributed by atoms with Crippen LogP contribution in [0.5, 0.6) is 11.5 Å². The molecule has 0 saturated heterocycles. The molecule has 2 unspecified atom stereocenters. The maximum Gasteiger partial charge on any atom is 0.249 e. The van der Waals surface area contributed by atoms with Gasteiger partial charge in [-0.15, -0.1) is 9.24 Å². The van der Waals surface area contributed by atoms with Crippen molar-refractivity contribution in [3.63, 3.8) is 0 Å². The van der Waals surface area contributed by atoms with Crippen LogP contribution >= 0.6 is 9.24 Å². The van der Waals surface area contributed by atoms with Crippen molar-refractivity contribution in [3.05, 3.63) is 59.7 Å². The summed E-state index contributed by atoms with van der Waals surface area (Å²) in [6, 6.07) is 16.1. The van der Waals surface area contributed by atoms with Gasteiger partial charge in [-0.05, 0) is 50.5 Å². The number of ether oxygens (including phenoxy) is 2. The Balaban J connectivity index is 2.28. The first-order valence-electron chi connectivity index (χ1n) is 7.67. The highest BCUT2D eigenvalue weighted by atomic mass is 31.0. The van der Waals surface area contributed by atoms with Gasteiger partial charge >= 0.3 is 0 Å². The van der Waals surface area contributed by atoms with Gasteiger partial charge in [-0.25, -0.2) is 0 Å². The van der Waals surface area contributed by atoms with Crippen LogP contribution in [0, 0.1) is 13.8 Å². The summed E-state index contributed by atoms with van der Waals surface area (Å²) in [5.41, 5.74) is 2.22. The lowest BCUT2D eigenvalue weighted by atomic mass is 10.1. The Kier molecular flexibility index (Phi) is 5.47. The first kappa shape index (κ1) is 16.8. The van der Waals surface area contributed by atoms with Crippen LogP contribution in [-0.4, -0.2) is 11.4 Å². The van der Waals surface area contributed by atoms with E-state index in [2.05, 4.69) is 23.1 Å². The minimum absolute atomic E-state index is 0.176. The monoisotopic (exact) mass is 316 g/mol. The summed E-state index contributed by atoms with van der Waals surface area (Å²) in [7, 11) is 2.88. The molecule has 0 fully saturated rings. The quantitative estimate of drug-likeness (QED) is 0.543. The molecule has 0 N–H and O–H groups in total. The van der Waals surface area contributed by atoms with Gasteiger partial charge in [0.2, 0.25) is 6.29 Å². The number of hydrogen-bond acceptors (Lipinski definition) is 2. The van der Waals surface area contributed by atoms with E-state index in [9.17, 15) is 0 Å². The van der Waals surface area contributed by atoms with Crippen LogP contribution in [-0.2, 0) is 0 Å². The highest BCUT2D eigenvalue weighted by molar-refractivity contribution is 7.19. The average Bonchev–Trinajstić information content (AvgIpc) is 2.50. The summed E-state index contributed by atoms with van der Waals surface area (Å²) >= 11 is 0. The van der Waals surface area contributed by atoms with Gasteiger partial charge in [-0.3, -0.25) is 0 Å². The van der Waals surface area contributed by atoms with Crippen LogP contribution in [0.1, 0.15) is 31.4 Å².